The number of ketones is 2. The fourth-order valence-electron chi connectivity index (χ4n) is 2.40. The van der Waals surface area contributed by atoms with Gasteiger partial charge in [-0.05, 0) is 25.3 Å². The Morgan fingerprint density at radius 2 is 1.72 bits per heavy atom. The van der Waals surface area contributed by atoms with Gasteiger partial charge in [0.2, 0.25) is 5.91 Å². The Bertz CT molecular complexity index is 662. The van der Waals surface area contributed by atoms with Crippen molar-refractivity contribution < 1.29 is 82.1 Å². The fraction of sp³-hybridized carbons (Fsp3) is 0.524. The van der Waals surface area contributed by atoms with Crippen LogP contribution in [0.1, 0.15) is 50.7 Å². The van der Waals surface area contributed by atoms with Crippen LogP contribution in [-0.2, 0) is 36.9 Å². The Balaban J connectivity index is 0.00000784. The molecule has 0 radical (unpaired) electrons. The Kier molecular flexibility index (Phi) is 16.6. The second kappa shape index (κ2) is 17.0. The zero-order chi connectivity index (χ0) is 20.8. The number of carbonyl (C=O) groups is 4. The molecule has 29 heavy (non-hydrogen) atoms. The SMILES string of the molecule is CCCNC(=O)CCCOCC(=O)[N-]Cc1ccc(CC(=O)CC(C)=O)cc1.[Rb+]. The predicted molar refractivity (Wildman–Crippen MR) is 106 cm³/mol. The number of hydrogen-bond donors (Lipinski definition) is 1. The summed E-state index contributed by atoms with van der Waals surface area (Å²) in [5.74, 6) is -0.606. The summed E-state index contributed by atoms with van der Waals surface area (Å²) in [5.41, 5.74) is 1.68. The van der Waals surface area contributed by atoms with Crippen LogP contribution < -0.4 is 63.5 Å². The first-order valence-corrected chi connectivity index (χ1v) is 9.54. The summed E-state index contributed by atoms with van der Waals surface area (Å²) in [5, 5.41) is 6.72. The number of Topliss-reactive ketones (excluding diaryl/α,β-unsaturated/α-hetero) is 2. The van der Waals surface area contributed by atoms with Gasteiger partial charge in [-0.3, -0.25) is 14.4 Å². The van der Waals surface area contributed by atoms with E-state index in [0.29, 0.717) is 26.0 Å². The number of nitrogens with one attached hydrogen (secondary N) is 1. The maximum absolute atomic E-state index is 11.7. The van der Waals surface area contributed by atoms with Crippen molar-refractivity contribution in [3.8, 4) is 0 Å². The largest absolute Gasteiger partial charge is 1.00 e. The molecule has 8 heteroatoms. The van der Waals surface area contributed by atoms with Crippen LogP contribution in [0.4, 0.5) is 0 Å². The summed E-state index contributed by atoms with van der Waals surface area (Å²) >= 11 is 0. The van der Waals surface area contributed by atoms with Gasteiger partial charge in [0, 0.05) is 26.0 Å². The molecular formula is C21H29N2O5Rb. The van der Waals surface area contributed by atoms with Crippen molar-refractivity contribution in [2.45, 2.75) is 52.5 Å². The first kappa shape index (κ1) is 28.3. The predicted octanol–water partition coefficient (Wildman–Crippen LogP) is -0.495. The normalized spacial score (nSPS) is 10.0. The summed E-state index contributed by atoms with van der Waals surface area (Å²) in [6, 6.07) is 7.22. The van der Waals surface area contributed by atoms with Crippen LogP contribution in [-0.4, -0.2) is 43.1 Å². The molecule has 0 saturated heterocycles. The van der Waals surface area contributed by atoms with Gasteiger partial charge < -0.3 is 20.2 Å². The standard InChI is InChI=1S/C21H30N2O5.Rb/c1-3-10-22-20(26)5-4-11-28-15-21(27)23-14-18-8-6-17(7-9-18)13-19(25)12-16(2)24;/h6-9H,3-5,10-15H2,1-2H3,(H2,22,23,26,27);/q;+1/p-1. The molecule has 0 bridgehead atoms. The molecule has 1 aromatic carbocycles. The second-order valence-electron chi connectivity index (χ2n) is 6.63. The van der Waals surface area contributed by atoms with Crippen molar-refractivity contribution in [3.05, 3.63) is 40.7 Å². The van der Waals surface area contributed by atoms with Gasteiger partial charge in [0.15, 0.2) is 0 Å². The minimum Gasteiger partial charge on any atom is -0.648 e. The molecule has 0 spiro atoms. The van der Waals surface area contributed by atoms with Crippen molar-refractivity contribution in [2.24, 2.45) is 0 Å². The molecule has 154 valence electrons. The molecule has 0 aliphatic carbocycles. The van der Waals surface area contributed by atoms with Gasteiger partial charge in [0.1, 0.15) is 11.6 Å². The maximum atomic E-state index is 11.7. The van der Waals surface area contributed by atoms with Crippen molar-refractivity contribution in [2.75, 3.05) is 19.8 Å². The van der Waals surface area contributed by atoms with Gasteiger partial charge in [-0.2, -0.15) is 0 Å². The molecule has 0 aliphatic rings. The van der Waals surface area contributed by atoms with Crippen LogP contribution in [0.2, 0.25) is 0 Å². The number of amides is 2. The van der Waals surface area contributed by atoms with Crippen molar-refractivity contribution >= 4 is 23.4 Å². The number of hydrogen-bond acceptors (Lipinski definition) is 5. The van der Waals surface area contributed by atoms with E-state index in [1.165, 1.54) is 6.92 Å². The van der Waals surface area contributed by atoms with E-state index < -0.39 is 0 Å². The molecule has 0 saturated carbocycles. The molecule has 0 atom stereocenters. The number of rotatable bonds is 14. The quantitative estimate of drug-likeness (QED) is 0.289. The second-order valence-corrected chi connectivity index (χ2v) is 6.63. The van der Waals surface area contributed by atoms with Gasteiger partial charge in [-0.15, -0.1) is 6.54 Å². The third-order valence-electron chi connectivity index (χ3n) is 3.80. The van der Waals surface area contributed by atoms with E-state index in [9.17, 15) is 19.2 Å². The van der Waals surface area contributed by atoms with E-state index in [-0.39, 0.29) is 108 Å². The summed E-state index contributed by atoms with van der Waals surface area (Å²) in [6.45, 7) is 4.53. The first-order chi connectivity index (χ1) is 13.4. The first-order valence-electron chi connectivity index (χ1n) is 9.54. The molecule has 1 rings (SSSR count). The smallest absolute Gasteiger partial charge is 0.648 e. The number of benzene rings is 1. The van der Waals surface area contributed by atoms with Gasteiger partial charge in [0.25, 0.3) is 0 Å². The molecule has 1 aromatic rings. The monoisotopic (exact) mass is 474 g/mol. The zero-order valence-corrected chi connectivity index (χ0v) is 22.6. The average Bonchev–Trinajstić information content (AvgIpc) is 2.64. The maximum Gasteiger partial charge on any atom is 1.00 e. The summed E-state index contributed by atoms with van der Waals surface area (Å²) in [6.07, 6.45) is 2.02. The van der Waals surface area contributed by atoms with Crippen LogP contribution in [0, 0.1) is 0 Å². The van der Waals surface area contributed by atoms with E-state index in [1.807, 2.05) is 19.1 Å². The summed E-state index contributed by atoms with van der Waals surface area (Å²) < 4.78 is 5.24. The van der Waals surface area contributed by atoms with E-state index in [4.69, 9.17) is 4.74 Å². The molecular weight excluding hydrogens is 446 g/mol. The minimum atomic E-state index is -0.351. The van der Waals surface area contributed by atoms with E-state index in [2.05, 4.69) is 10.6 Å². The van der Waals surface area contributed by atoms with Crippen LogP contribution in [0.15, 0.2) is 24.3 Å². The van der Waals surface area contributed by atoms with Gasteiger partial charge in [-0.1, -0.05) is 36.8 Å². The van der Waals surface area contributed by atoms with E-state index in [0.717, 1.165) is 17.5 Å². The Hall–Kier alpha value is -0.735. The van der Waals surface area contributed by atoms with Gasteiger partial charge >= 0.3 is 58.2 Å². The molecule has 7 nitrogen and oxygen atoms in total. The Morgan fingerprint density at radius 1 is 1.07 bits per heavy atom. The third kappa shape index (κ3) is 14.8. The molecule has 2 amide bonds. The molecule has 0 unspecified atom stereocenters. The van der Waals surface area contributed by atoms with E-state index >= 15 is 0 Å². The zero-order valence-electron chi connectivity index (χ0n) is 17.7. The molecule has 0 heterocycles. The van der Waals surface area contributed by atoms with Crippen LogP contribution in [0.3, 0.4) is 0 Å². The molecule has 0 aromatic heterocycles. The van der Waals surface area contributed by atoms with Gasteiger partial charge in [-0.25, -0.2) is 0 Å². The number of nitrogens with zero attached hydrogens (tertiary/aromatic N) is 1. The fourth-order valence-corrected chi connectivity index (χ4v) is 2.40. The summed E-state index contributed by atoms with van der Waals surface area (Å²) in [7, 11) is 0. The van der Waals surface area contributed by atoms with E-state index in [1.54, 1.807) is 12.1 Å². The minimum absolute atomic E-state index is 0. The Morgan fingerprint density at radius 3 is 2.34 bits per heavy atom. The van der Waals surface area contributed by atoms with Crippen molar-refractivity contribution in [3.63, 3.8) is 0 Å². The average molecular weight is 475 g/mol. The third-order valence-corrected chi connectivity index (χ3v) is 3.80. The molecule has 0 aliphatic heterocycles. The van der Waals surface area contributed by atoms with Crippen LogP contribution >= 0.6 is 0 Å². The van der Waals surface area contributed by atoms with Crippen molar-refractivity contribution in [1.82, 2.24) is 5.32 Å². The number of carbonyl (C=O) groups excluding carboxylic acids is 4. The molecule has 0 fully saturated rings. The Labute approximate surface area is 221 Å². The number of ether oxygens (including phenoxy) is 1. The summed E-state index contributed by atoms with van der Waals surface area (Å²) in [4.78, 5) is 45.7. The van der Waals surface area contributed by atoms with Crippen LogP contribution in [0.5, 0.6) is 0 Å². The van der Waals surface area contributed by atoms with Gasteiger partial charge in [0.05, 0.1) is 18.9 Å². The topological polar surface area (TPSA) is 104 Å². The van der Waals surface area contributed by atoms with Crippen molar-refractivity contribution in [1.29, 1.82) is 0 Å². The molecule has 1 N–H and O–H groups in total. The van der Waals surface area contributed by atoms with Crippen LogP contribution in [0.25, 0.3) is 5.32 Å².